The molecule has 1 aliphatic carbocycles. The van der Waals surface area contributed by atoms with E-state index in [-0.39, 0.29) is 22.7 Å². The highest BCUT2D eigenvalue weighted by molar-refractivity contribution is 6.30. The number of nitrogens with zero attached hydrogens (tertiary/aromatic N) is 1. The molecule has 104 valence electrons. The van der Waals surface area contributed by atoms with Gasteiger partial charge >= 0.3 is 5.69 Å². The Hall–Kier alpha value is -1.07. The van der Waals surface area contributed by atoms with Crippen LogP contribution >= 0.6 is 11.6 Å². The number of hydrogen-bond donors (Lipinski definition) is 1. The van der Waals surface area contributed by atoms with Gasteiger partial charge in [0.05, 0.1) is 18.2 Å². The maximum atomic E-state index is 12.6. The lowest BCUT2D eigenvalue weighted by atomic mass is 10.0. The summed E-state index contributed by atoms with van der Waals surface area (Å²) in [6, 6.07) is -0.159. The van der Waals surface area contributed by atoms with Crippen LogP contribution in [0.2, 0.25) is 5.15 Å². The molecular formula is C13H17ClN2O3. The first-order valence-corrected chi connectivity index (χ1v) is 7.18. The maximum Gasteiger partial charge on any atom is 0.329 e. The van der Waals surface area contributed by atoms with Crippen molar-refractivity contribution in [2.75, 3.05) is 13.2 Å². The molecule has 2 aliphatic rings. The fourth-order valence-corrected chi connectivity index (χ4v) is 3.48. The lowest BCUT2D eigenvalue weighted by Gasteiger charge is -2.16. The normalized spacial score (nSPS) is 24.2. The van der Waals surface area contributed by atoms with E-state index in [0.717, 1.165) is 25.7 Å². The monoisotopic (exact) mass is 284 g/mol. The summed E-state index contributed by atoms with van der Waals surface area (Å²) in [5.41, 5.74) is -0.0611. The molecule has 0 radical (unpaired) electrons. The van der Waals surface area contributed by atoms with Crippen LogP contribution in [0, 0.1) is 0 Å². The molecule has 2 heterocycles. The molecule has 1 unspecified atom stereocenters. The number of aromatic amines is 1. The molecule has 1 saturated heterocycles. The van der Waals surface area contributed by atoms with E-state index in [0.29, 0.717) is 25.2 Å². The van der Waals surface area contributed by atoms with Crippen molar-refractivity contribution in [1.82, 2.24) is 9.55 Å². The molecule has 0 amide bonds. The predicted octanol–water partition coefficient (Wildman–Crippen LogP) is 1.81. The summed E-state index contributed by atoms with van der Waals surface area (Å²) in [7, 11) is 0. The van der Waals surface area contributed by atoms with E-state index < -0.39 is 5.69 Å². The highest BCUT2D eigenvalue weighted by atomic mass is 35.5. The van der Waals surface area contributed by atoms with Gasteiger partial charge in [-0.1, -0.05) is 24.4 Å². The number of nitrogens with one attached hydrogen (secondary N) is 1. The van der Waals surface area contributed by atoms with E-state index in [4.69, 9.17) is 16.3 Å². The quantitative estimate of drug-likeness (QED) is 0.843. The van der Waals surface area contributed by atoms with E-state index in [1.165, 1.54) is 4.57 Å². The fraction of sp³-hybridized carbons (Fsp3) is 0.692. The Morgan fingerprint density at radius 1 is 1.21 bits per heavy atom. The average molecular weight is 285 g/mol. The van der Waals surface area contributed by atoms with Gasteiger partial charge in [0.2, 0.25) is 0 Å². The molecule has 1 aromatic rings. The number of ether oxygens (including phenoxy) is 1. The SMILES string of the molecule is O=c1[nH]c(Cl)c(C2CCCC2)c(=O)n1C1CCOC1. The Bertz CT molecular complexity index is 581. The van der Waals surface area contributed by atoms with Gasteiger partial charge in [-0.25, -0.2) is 4.79 Å². The van der Waals surface area contributed by atoms with Crippen LogP contribution in [0.3, 0.4) is 0 Å². The third kappa shape index (κ3) is 2.25. The van der Waals surface area contributed by atoms with Crippen molar-refractivity contribution in [3.63, 3.8) is 0 Å². The number of H-pyrrole nitrogens is 1. The smallest absolute Gasteiger partial charge is 0.329 e. The second-order valence-electron chi connectivity index (χ2n) is 5.33. The summed E-state index contributed by atoms with van der Waals surface area (Å²) in [5.74, 6) is 0.186. The van der Waals surface area contributed by atoms with Gasteiger partial charge in [-0.3, -0.25) is 14.3 Å². The minimum absolute atomic E-state index is 0.159. The van der Waals surface area contributed by atoms with Crippen LogP contribution in [-0.4, -0.2) is 22.8 Å². The molecule has 1 N–H and O–H groups in total. The van der Waals surface area contributed by atoms with Gasteiger partial charge in [-0.15, -0.1) is 0 Å². The highest BCUT2D eigenvalue weighted by Crippen LogP contribution is 2.34. The van der Waals surface area contributed by atoms with Gasteiger partial charge < -0.3 is 4.74 Å². The second-order valence-corrected chi connectivity index (χ2v) is 5.71. The molecule has 0 aromatic carbocycles. The van der Waals surface area contributed by atoms with Crippen molar-refractivity contribution in [3.8, 4) is 0 Å². The summed E-state index contributed by atoms with van der Waals surface area (Å²) in [6.45, 7) is 1.02. The Labute approximate surface area is 115 Å². The predicted molar refractivity (Wildman–Crippen MR) is 72.0 cm³/mol. The molecule has 3 rings (SSSR count). The van der Waals surface area contributed by atoms with E-state index >= 15 is 0 Å². The summed E-state index contributed by atoms with van der Waals surface area (Å²) in [4.78, 5) is 27.2. The van der Waals surface area contributed by atoms with Gasteiger partial charge in [0.1, 0.15) is 5.15 Å². The van der Waals surface area contributed by atoms with Crippen LogP contribution in [0.4, 0.5) is 0 Å². The first kappa shape index (κ1) is 12.9. The Morgan fingerprint density at radius 3 is 2.58 bits per heavy atom. The highest BCUT2D eigenvalue weighted by Gasteiger charge is 2.28. The van der Waals surface area contributed by atoms with Crippen LogP contribution < -0.4 is 11.2 Å². The molecule has 19 heavy (non-hydrogen) atoms. The lowest BCUT2D eigenvalue weighted by molar-refractivity contribution is 0.185. The Kier molecular flexibility index (Phi) is 3.50. The van der Waals surface area contributed by atoms with Crippen molar-refractivity contribution < 1.29 is 4.74 Å². The van der Waals surface area contributed by atoms with Crippen LogP contribution in [0.25, 0.3) is 0 Å². The molecule has 1 aromatic heterocycles. The summed E-state index contributed by atoms with van der Waals surface area (Å²) in [5, 5.41) is 0.220. The molecule has 0 bridgehead atoms. The van der Waals surface area contributed by atoms with Gasteiger partial charge in [-0.2, -0.15) is 0 Å². The molecule has 1 aliphatic heterocycles. The largest absolute Gasteiger partial charge is 0.379 e. The first-order valence-electron chi connectivity index (χ1n) is 6.80. The zero-order valence-electron chi connectivity index (χ0n) is 10.7. The molecular weight excluding hydrogens is 268 g/mol. The minimum Gasteiger partial charge on any atom is -0.379 e. The topological polar surface area (TPSA) is 64.1 Å². The maximum absolute atomic E-state index is 12.6. The molecule has 0 spiro atoms. The van der Waals surface area contributed by atoms with Crippen LogP contribution in [-0.2, 0) is 4.74 Å². The van der Waals surface area contributed by atoms with Gasteiger partial charge in [0.25, 0.3) is 5.56 Å². The number of halogens is 1. The van der Waals surface area contributed by atoms with Crippen LogP contribution in [0.15, 0.2) is 9.59 Å². The molecule has 5 nitrogen and oxygen atoms in total. The van der Waals surface area contributed by atoms with E-state index in [2.05, 4.69) is 4.98 Å². The minimum atomic E-state index is -0.424. The standard InChI is InChI=1S/C13H17ClN2O3/c14-11-10(8-3-1-2-4-8)12(17)16(13(18)15-11)9-5-6-19-7-9/h8-9H,1-7H2,(H,15,18). The first-order chi connectivity index (χ1) is 9.18. The third-order valence-electron chi connectivity index (χ3n) is 4.16. The average Bonchev–Trinajstić information content (AvgIpc) is 3.00. The van der Waals surface area contributed by atoms with Gasteiger partial charge in [0.15, 0.2) is 0 Å². The zero-order valence-corrected chi connectivity index (χ0v) is 11.4. The number of hydrogen-bond acceptors (Lipinski definition) is 3. The van der Waals surface area contributed by atoms with Crippen molar-refractivity contribution >= 4 is 11.6 Å². The van der Waals surface area contributed by atoms with Crippen molar-refractivity contribution in [3.05, 3.63) is 31.6 Å². The second kappa shape index (κ2) is 5.13. The molecule has 6 heteroatoms. The van der Waals surface area contributed by atoms with Crippen molar-refractivity contribution in [2.45, 2.75) is 44.1 Å². The molecule has 2 fully saturated rings. The summed E-state index contributed by atoms with van der Waals surface area (Å²) < 4.78 is 6.57. The van der Waals surface area contributed by atoms with E-state index in [1.54, 1.807) is 0 Å². The van der Waals surface area contributed by atoms with Crippen molar-refractivity contribution in [1.29, 1.82) is 0 Å². The van der Waals surface area contributed by atoms with E-state index in [1.807, 2.05) is 0 Å². The fourth-order valence-electron chi connectivity index (χ4n) is 3.16. The number of rotatable bonds is 2. The molecule has 1 saturated carbocycles. The van der Waals surface area contributed by atoms with Crippen molar-refractivity contribution in [2.24, 2.45) is 0 Å². The van der Waals surface area contributed by atoms with Crippen LogP contribution in [0.5, 0.6) is 0 Å². The van der Waals surface area contributed by atoms with Crippen LogP contribution in [0.1, 0.15) is 49.6 Å². The zero-order chi connectivity index (χ0) is 13.4. The summed E-state index contributed by atoms with van der Waals surface area (Å²) >= 11 is 6.09. The van der Waals surface area contributed by atoms with E-state index in [9.17, 15) is 9.59 Å². The lowest BCUT2D eigenvalue weighted by Crippen LogP contribution is -2.40. The van der Waals surface area contributed by atoms with Gasteiger partial charge in [0, 0.05) is 6.61 Å². The van der Waals surface area contributed by atoms with Gasteiger partial charge in [-0.05, 0) is 25.2 Å². The Balaban J connectivity index is 2.11. The summed E-state index contributed by atoms with van der Waals surface area (Å²) in [6.07, 6.45) is 4.89. The number of aromatic nitrogens is 2. The molecule has 1 atom stereocenters. The third-order valence-corrected chi connectivity index (χ3v) is 4.45. The Morgan fingerprint density at radius 2 is 1.95 bits per heavy atom.